The number of benzene rings is 8. The van der Waals surface area contributed by atoms with Gasteiger partial charge in [0.05, 0.1) is 11.0 Å². The van der Waals surface area contributed by atoms with Gasteiger partial charge in [-0.2, -0.15) is 0 Å². The van der Waals surface area contributed by atoms with E-state index in [0.717, 1.165) is 22.4 Å². The molecule has 0 fully saturated rings. The van der Waals surface area contributed by atoms with Gasteiger partial charge in [0.25, 0.3) is 0 Å². The molecule has 4 nitrogen and oxygen atoms in total. The van der Waals surface area contributed by atoms with Crippen LogP contribution in [0.3, 0.4) is 0 Å². The van der Waals surface area contributed by atoms with Gasteiger partial charge >= 0.3 is 0 Å². The Bertz CT molecular complexity index is 3210. The Balaban J connectivity index is 1.19. The zero-order valence-corrected chi connectivity index (χ0v) is 31.0. The lowest BCUT2D eigenvalue weighted by atomic mass is 9.81. The van der Waals surface area contributed by atoms with Crippen molar-refractivity contribution in [3.8, 4) is 73.2 Å². The van der Waals surface area contributed by atoms with Crippen molar-refractivity contribution in [2.24, 2.45) is 0 Å². The smallest absolute Gasteiger partial charge is 0.164 e. The van der Waals surface area contributed by atoms with E-state index in [0.29, 0.717) is 17.5 Å². The average Bonchev–Trinajstić information content (AvgIpc) is 3.66. The van der Waals surface area contributed by atoms with Crippen molar-refractivity contribution in [1.29, 1.82) is 0 Å². The lowest BCUT2D eigenvalue weighted by molar-refractivity contribution is 0.661. The van der Waals surface area contributed by atoms with Crippen molar-refractivity contribution in [1.82, 2.24) is 19.5 Å². The summed E-state index contributed by atoms with van der Waals surface area (Å²) in [7, 11) is 0. The molecule has 2 aliphatic carbocycles. The monoisotopic (exact) mass is 714 g/mol. The Morgan fingerprint density at radius 3 is 1.71 bits per heavy atom. The number of fused-ring (bicyclic) bond motifs is 7. The summed E-state index contributed by atoms with van der Waals surface area (Å²) in [6.45, 7) is 4.77. The molecular formula is C52H34N4. The number of hydrogen-bond donors (Lipinski definition) is 0. The maximum Gasteiger partial charge on any atom is 0.164 e. The molecule has 0 bridgehead atoms. The van der Waals surface area contributed by atoms with E-state index in [9.17, 15) is 0 Å². The highest BCUT2D eigenvalue weighted by molar-refractivity contribution is 6.32. The normalized spacial score (nSPS) is 13.3. The predicted molar refractivity (Wildman–Crippen MR) is 230 cm³/mol. The van der Waals surface area contributed by atoms with E-state index in [1.807, 2.05) is 36.4 Å². The summed E-state index contributed by atoms with van der Waals surface area (Å²) in [5, 5.41) is 5.16. The molecule has 0 saturated carbocycles. The Labute approximate surface area is 324 Å². The molecule has 0 saturated heterocycles. The fraction of sp³-hybridized carbons (Fsp3) is 0.0577. The summed E-state index contributed by atoms with van der Waals surface area (Å²) < 4.78 is 2.48. The van der Waals surface area contributed by atoms with E-state index in [2.05, 4.69) is 152 Å². The SMILES string of the molecule is CC1(C)c2ccccc2-c2c1cc1c3c2-c2ccccc2-c2cccc4ccc(c3c24)n1-c1cccc(-c2nc(-c3ccccc3)nc(-c3ccccc3)n2)c1. The zero-order valence-electron chi connectivity index (χ0n) is 31.0. The molecule has 0 spiro atoms. The Morgan fingerprint density at radius 2 is 0.982 bits per heavy atom. The van der Waals surface area contributed by atoms with E-state index in [4.69, 9.17) is 15.0 Å². The van der Waals surface area contributed by atoms with Gasteiger partial charge in [0.15, 0.2) is 17.5 Å². The minimum absolute atomic E-state index is 0.185. The van der Waals surface area contributed by atoms with Crippen LogP contribution in [0.15, 0.2) is 170 Å². The summed E-state index contributed by atoms with van der Waals surface area (Å²) in [4.78, 5) is 15.2. The molecule has 262 valence electrons. The summed E-state index contributed by atoms with van der Waals surface area (Å²) in [5.41, 5.74) is 16.7. The van der Waals surface area contributed by atoms with Crippen LogP contribution in [0.2, 0.25) is 0 Å². The Hall–Kier alpha value is -7.17. The second-order valence-corrected chi connectivity index (χ2v) is 15.6. The molecule has 4 heteroatoms. The van der Waals surface area contributed by atoms with Gasteiger partial charge in [0, 0.05) is 44.1 Å². The zero-order chi connectivity index (χ0) is 37.1. The Morgan fingerprint density at radius 1 is 0.393 bits per heavy atom. The van der Waals surface area contributed by atoms with E-state index in [-0.39, 0.29) is 5.41 Å². The van der Waals surface area contributed by atoms with E-state index in [1.54, 1.807) is 0 Å². The summed E-state index contributed by atoms with van der Waals surface area (Å²) in [6.07, 6.45) is 0. The van der Waals surface area contributed by atoms with Crippen molar-refractivity contribution in [2.75, 3.05) is 0 Å². The number of aromatic nitrogens is 4. The molecule has 0 atom stereocenters. The van der Waals surface area contributed by atoms with Gasteiger partial charge in [-0.25, -0.2) is 15.0 Å². The largest absolute Gasteiger partial charge is 0.309 e. The first-order chi connectivity index (χ1) is 27.5. The first-order valence-corrected chi connectivity index (χ1v) is 19.3. The highest BCUT2D eigenvalue weighted by atomic mass is 15.0. The van der Waals surface area contributed by atoms with Crippen LogP contribution in [0.5, 0.6) is 0 Å². The third kappa shape index (κ3) is 4.27. The lowest BCUT2D eigenvalue weighted by Crippen LogP contribution is -2.15. The van der Waals surface area contributed by atoms with Crippen molar-refractivity contribution in [3.05, 3.63) is 181 Å². The Kier molecular flexibility index (Phi) is 6.37. The molecule has 2 heterocycles. The molecular weight excluding hydrogens is 681 g/mol. The van der Waals surface area contributed by atoms with Gasteiger partial charge in [-0.3, -0.25) is 0 Å². The first kappa shape index (κ1) is 31.2. The van der Waals surface area contributed by atoms with Crippen LogP contribution in [0.4, 0.5) is 0 Å². The van der Waals surface area contributed by atoms with E-state index < -0.39 is 0 Å². The van der Waals surface area contributed by atoms with Crippen molar-refractivity contribution >= 4 is 32.6 Å². The quantitative estimate of drug-likeness (QED) is 0.182. The van der Waals surface area contributed by atoms with E-state index >= 15 is 0 Å². The van der Waals surface area contributed by atoms with Crippen LogP contribution in [0.1, 0.15) is 25.0 Å². The fourth-order valence-corrected chi connectivity index (χ4v) is 9.63. The first-order valence-electron chi connectivity index (χ1n) is 19.3. The second kappa shape index (κ2) is 11.4. The fourth-order valence-electron chi connectivity index (χ4n) is 9.63. The molecule has 0 aliphatic heterocycles. The molecule has 2 aliphatic rings. The summed E-state index contributed by atoms with van der Waals surface area (Å²) in [5.74, 6) is 1.94. The minimum Gasteiger partial charge on any atom is -0.309 e. The second-order valence-electron chi connectivity index (χ2n) is 15.6. The average molecular weight is 715 g/mol. The van der Waals surface area contributed by atoms with Crippen molar-refractivity contribution in [2.45, 2.75) is 19.3 Å². The van der Waals surface area contributed by atoms with Gasteiger partial charge in [0.1, 0.15) is 0 Å². The molecule has 0 N–H and O–H groups in total. The highest BCUT2D eigenvalue weighted by Crippen LogP contribution is 2.59. The van der Waals surface area contributed by atoms with Gasteiger partial charge in [-0.05, 0) is 74.0 Å². The van der Waals surface area contributed by atoms with Gasteiger partial charge in [-0.1, -0.05) is 159 Å². The number of rotatable bonds is 4. The highest BCUT2D eigenvalue weighted by Gasteiger charge is 2.40. The van der Waals surface area contributed by atoms with Gasteiger partial charge in [-0.15, -0.1) is 0 Å². The summed E-state index contributed by atoms with van der Waals surface area (Å²) >= 11 is 0. The molecule has 2 aromatic heterocycles. The molecule has 8 aromatic carbocycles. The number of hydrogen-bond acceptors (Lipinski definition) is 3. The van der Waals surface area contributed by atoms with E-state index in [1.165, 1.54) is 77.1 Å². The van der Waals surface area contributed by atoms with Crippen LogP contribution in [-0.2, 0) is 5.41 Å². The third-order valence-corrected chi connectivity index (χ3v) is 12.2. The maximum absolute atomic E-state index is 5.11. The molecule has 56 heavy (non-hydrogen) atoms. The van der Waals surface area contributed by atoms with Crippen LogP contribution in [0.25, 0.3) is 106 Å². The lowest BCUT2D eigenvalue weighted by Gasteiger charge is -2.23. The molecule has 10 aromatic rings. The minimum atomic E-state index is -0.185. The molecule has 0 amide bonds. The van der Waals surface area contributed by atoms with Crippen molar-refractivity contribution < 1.29 is 0 Å². The predicted octanol–water partition coefficient (Wildman–Crippen LogP) is 13.1. The maximum atomic E-state index is 5.11. The summed E-state index contributed by atoms with van der Waals surface area (Å²) in [6, 6.07) is 61.0. The van der Waals surface area contributed by atoms with Crippen LogP contribution < -0.4 is 0 Å². The molecule has 0 radical (unpaired) electrons. The van der Waals surface area contributed by atoms with Gasteiger partial charge in [0.2, 0.25) is 0 Å². The number of nitrogens with zero attached hydrogens (tertiary/aromatic N) is 4. The van der Waals surface area contributed by atoms with Crippen LogP contribution >= 0.6 is 0 Å². The molecule has 12 rings (SSSR count). The van der Waals surface area contributed by atoms with Crippen molar-refractivity contribution in [3.63, 3.8) is 0 Å². The molecule has 0 unspecified atom stereocenters. The van der Waals surface area contributed by atoms with Gasteiger partial charge < -0.3 is 4.57 Å². The van der Waals surface area contributed by atoms with Crippen LogP contribution in [0, 0.1) is 0 Å². The van der Waals surface area contributed by atoms with Crippen LogP contribution in [-0.4, -0.2) is 19.5 Å². The standard InChI is InChI=1S/C52H34N4/c1-52(2)40-26-12-11-24-39(40)45-41(52)30-43-48-46(45)38-23-10-9-22-36(38)37-25-14-19-31-27-28-42(47(48)44(31)37)56(43)35-21-13-20-34(29-35)51-54-49(32-15-5-3-6-16-32)53-50(55-51)33-17-7-4-8-18-33/h3-30H,1-2H3. The topological polar surface area (TPSA) is 43.6 Å². The third-order valence-electron chi connectivity index (χ3n) is 12.2.